The summed E-state index contributed by atoms with van der Waals surface area (Å²) in [5.74, 6) is 0. The van der Waals surface area contributed by atoms with Gasteiger partial charge in [-0.25, -0.2) is 0 Å². The first-order valence-electron chi connectivity index (χ1n) is 16.1. The average molecular weight is 597 g/mol. The van der Waals surface area contributed by atoms with E-state index in [1.54, 1.807) is 0 Å². The lowest BCUT2D eigenvalue weighted by atomic mass is 9.84. The monoisotopic (exact) mass is 596 g/mol. The van der Waals surface area contributed by atoms with Gasteiger partial charge in [-0.3, -0.25) is 4.98 Å². The molecular formula is C45H28N2. The third-order valence-electron chi connectivity index (χ3n) is 9.79. The first kappa shape index (κ1) is 26.0. The summed E-state index contributed by atoms with van der Waals surface area (Å²) in [6.07, 6.45) is 2.00. The van der Waals surface area contributed by atoms with E-state index in [4.69, 9.17) is 4.98 Å². The second kappa shape index (κ2) is 10.1. The zero-order valence-corrected chi connectivity index (χ0v) is 25.6. The molecule has 10 aromatic rings. The van der Waals surface area contributed by atoms with Gasteiger partial charge in [-0.2, -0.15) is 0 Å². The lowest BCUT2D eigenvalue weighted by molar-refractivity contribution is 1.16. The predicted molar refractivity (Wildman–Crippen MR) is 199 cm³/mol. The number of pyridine rings is 1. The van der Waals surface area contributed by atoms with Crippen LogP contribution in [-0.4, -0.2) is 9.55 Å². The minimum atomic E-state index is 1.00. The van der Waals surface area contributed by atoms with Crippen molar-refractivity contribution < 1.29 is 0 Å². The van der Waals surface area contributed by atoms with Gasteiger partial charge in [0.15, 0.2) is 0 Å². The number of hydrogen-bond donors (Lipinski definition) is 0. The second-order valence-electron chi connectivity index (χ2n) is 12.3. The minimum absolute atomic E-state index is 1.00. The fourth-order valence-corrected chi connectivity index (χ4v) is 7.76. The molecule has 0 fully saturated rings. The minimum Gasteiger partial charge on any atom is -0.308 e. The summed E-state index contributed by atoms with van der Waals surface area (Å²) in [7, 11) is 0. The largest absolute Gasteiger partial charge is 0.308 e. The molecule has 218 valence electrons. The van der Waals surface area contributed by atoms with Crippen LogP contribution in [0.15, 0.2) is 170 Å². The Kier molecular flexibility index (Phi) is 5.61. The van der Waals surface area contributed by atoms with Gasteiger partial charge >= 0.3 is 0 Å². The van der Waals surface area contributed by atoms with Crippen molar-refractivity contribution in [3.63, 3.8) is 0 Å². The second-order valence-corrected chi connectivity index (χ2v) is 12.3. The highest BCUT2D eigenvalue weighted by Gasteiger charge is 2.19. The molecular weight excluding hydrogens is 569 g/mol. The van der Waals surface area contributed by atoms with E-state index in [1.807, 2.05) is 12.3 Å². The van der Waals surface area contributed by atoms with Gasteiger partial charge in [0.2, 0.25) is 0 Å². The smallest absolute Gasteiger partial charge is 0.0703 e. The molecule has 0 atom stereocenters. The SMILES string of the molecule is c1ccc2ncc(-n3c4ccccc4c4cc(-c5c6ccccc6c(-c6cccc7ccccc67)c6ccccc56)ccc43)cc2c1. The number of aromatic nitrogens is 2. The van der Waals surface area contributed by atoms with E-state index >= 15 is 0 Å². The van der Waals surface area contributed by atoms with Gasteiger partial charge in [-0.1, -0.05) is 133 Å². The van der Waals surface area contributed by atoms with Crippen LogP contribution in [0.25, 0.3) is 93.0 Å². The summed E-state index contributed by atoms with van der Waals surface area (Å²) in [5, 5.41) is 11.2. The molecule has 0 radical (unpaired) electrons. The average Bonchev–Trinajstić information content (AvgIpc) is 3.47. The Hall–Kier alpha value is -6.25. The van der Waals surface area contributed by atoms with Crippen LogP contribution >= 0.6 is 0 Å². The first-order chi connectivity index (χ1) is 23.3. The predicted octanol–water partition coefficient (Wildman–Crippen LogP) is 12.1. The van der Waals surface area contributed by atoms with Crippen molar-refractivity contribution in [2.75, 3.05) is 0 Å². The molecule has 2 heteroatoms. The lowest BCUT2D eigenvalue weighted by Crippen LogP contribution is -1.95. The van der Waals surface area contributed by atoms with E-state index < -0.39 is 0 Å². The summed E-state index contributed by atoms with van der Waals surface area (Å²) in [4.78, 5) is 4.82. The molecule has 0 aliphatic carbocycles. The van der Waals surface area contributed by atoms with Gasteiger partial charge in [-0.15, -0.1) is 0 Å². The number of benzene rings is 8. The van der Waals surface area contributed by atoms with Crippen molar-refractivity contribution in [2.45, 2.75) is 0 Å². The molecule has 0 amide bonds. The van der Waals surface area contributed by atoms with E-state index in [0.717, 1.165) is 16.6 Å². The molecule has 2 heterocycles. The summed E-state index contributed by atoms with van der Waals surface area (Å²) in [6, 6.07) is 59.5. The van der Waals surface area contributed by atoms with Gasteiger partial charge in [0.1, 0.15) is 0 Å². The Morgan fingerprint density at radius 2 is 0.957 bits per heavy atom. The highest BCUT2D eigenvalue weighted by atomic mass is 15.0. The molecule has 0 unspecified atom stereocenters. The maximum absolute atomic E-state index is 4.82. The zero-order valence-electron chi connectivity index (χ0n) is 25.6. The van der Waals surface area contributed by atoms with Gasteiger partial charge in [0.25, 0.3) is 0 Å². The molecule has 10 rings (SSSR count). The molecule has 0 saturated carbocycles. The van der Waals surface area contributed by atoms with E-state index in [2.05, 4.69) is 162 Å². The topological polar surface area (TPSA) is 17.8 Å². The number of para-hydroxylation sites is 2. The molecule has 47 heavy (non-hydrogen) atoms. The molecule has 0 aliphatic rings. The Bertz CT molecular complexity index is 2790. The first-order valence-corrected chi connectivity index (χ1v) is 16.1. The Balaban J connectivity index is 1.27. The third kappa shape index (κ3) is 3.89. The quantitative estimate of drug-likeness (QED) is 0.186. The molecule has 8 aromatic carbocycles. The Morgan fingerprint density at radius 1 is 0.383 bits per heavy atom. The van der Waals surface area contributed by atoms with Crippen molar-refractivity contribution in [3.05, 3.63) is 170 Å². The van der Waals surface area contributed by atoms with Crippen LogP contribution < -0.4 is 0 Å². The van der Waals surface area contributed by atoms with Gasteiger partial charge < -0.3 is 4.57 Å². The van der Waals surface area contributed by atoms with Crippen molar-refractivity contribution in [1.29, 1.82) is 0 Å². The van der Waals surface area contributed by atoms with Crippen LogP contribution in [0.1, 0.15) is 0 Å². The summed E-state index contributed by atoms with van der Waals surface area (Å²) in [5.41, 5.74) is 9.47. The van der Waals surface area contributed by atoms with Crippen molar-refractivity contribution in [3.8, 4) is 27.9 Å². The zero-order chi connectivity index (χ0) is 30.9. The molecule has 0 N–H and O–H groups in total. The summed E-state index contributed by atoms with van der Waals surface area (Å²) in [6.45, 7) is 0. The van der Waals surface area contributed by atoms with Crippen LogP contribution in [-0.2, 0) is 0 Å². The van der Waals surface area contributed by atoms with E-state index in [1.165, 1.54) is 76.4 Å². The molecule has 0 bridgehead atoms. The fraction of sp³-hybridized carbons (Fsp3) is 0. The Labute approximate surface area is 271 Å². The number of fused-ring (bicyclic) bond motifs is 7. The van der Waals surface area contributed by atoms with Crippen LogP contribution in [0.2, 0.25) is 0 Å². The molecule has 2 aromatic heterocycles. The summed E-state index contributed by atoms with van der Waals surface area (Å²) >= 11 is 0. The standard InChI is InChI=1S/C45H28N2/c1-3-15-33-29(12-1)14-11-21-35(33)45-38-19-6-4-17-36(38)44(37-18-5-7-20-39(37)45)31-24-25-43-40(27-31)34-16-8-10-23-42(34)47(43)32-26-30-13-2-9-22-41(30)46-28-32/h1-28H. The van der Waals surface area contributed by atoms with Crippen LogP contribution in [0, 0.1) is 0 Å². The Morgan fingerprint density at radius 3 is 1.72 bits per heavy atom. The van der Waals surface area contributed by atoms with E-state index in [9.17, 15) is 0 Å². The maximum atomic E-state index is 4.82. The molecule has 0 spiro atoms. The lowest BCUT2D eigenvalue weighted by Gasteiger charge is -2.19. The van der Waals surface area contributed by atoms with Crippen molar-refractivity contribution >= 4 is 65.0 Å². The number of rotatable bonds is 3. The molecule has 2 nitrogen and oxygen atoms in total. The third-order valence-corrected chi connectivity index (χ3v) is 9.79. The van der Waals surface area contributed by atoms with Gasteiger partial charge in [0.05, 0.1) is 28.4 Å². The normalized spacial score (nSPS) is 11.8. The fourth-order valence-electron chi connectivity index (χ4n) is 7.76. The van der Waals surface area contributed by atoms with Crippen molar-refractivity contribution in [2.24, 2.45) is 0 Å². The van der Waals surface area contributed by atoms with Crippen LogP contribution in [0.4, 0.5) is 0 Å². The number of nitrogens with zero attached hydrogens (tertiary/aromatic N) is 2. The highest BCUT2D eigenvalue weighted by molar-refractivity contribution is 6.24. The number of hydrogen-bond acceptors (Lipinski definition) is 1. The van der Waals surface area contributed by atoms with Crippen LogP contribution in [0.3, 0.4) is 0 Å². The highest BCUT2D eigenvalue weighted by Crippen LogP contribution is 2.46. The van der Waals surface area contributed by atoms with Crippen molar-refractivity contribution in [1.82, 2.24) is 9.55 Å². The molecule has 0 saturated heterocycles. The van der Waals surface area contributed by atoms with Gasteiger partial charge in [-0.05, 0) is 84.9 Å². The summed E-state index contributed by atoms with van der Waals surface area (Å²) < 4.78 is 2.35. The van der Waals surface area contributed by atoms with Crippen LogP contribution in [0.5, 0.6) is 0 Å². The van der Waals surface area contributed by atoms with Gasteiger partial charge in [0, 0.05) is 16.2 Å². The molecule has 0 aliphatic heterocycles. The van der Waals surface area contributed by atoms with E-state index in [-0.39, 0.29) is 0 Å². The maximum Gasteiger partial charge on any atom is 0.0703 e. The van der Waals surface area contributed by atoms with E-state index in [0.29, 0.717) is 0 Å².